The van der Waals surface area contributed by atoms with Gasteiger partial charge in [-0.2, -0.15) is 13.2 Å². The second kappa shape index (κ2) is 8.60. The summed E-state index contributed by atoms with van der Waals surface area (Å²) < 4.78 is 52.2. The molecule has 2 aromatic carbocycles. The van der Waals surface area contributed by atoms with Gasteiger partial charge in [0.05, 0.1) is 31.7 Å². The summed E-state index contributed by atoms with van der Waals surface area (Å²) in [5, 5.41) is 2.72. The molecule has 0 unspecified atom stereocenters. The molecule has 2 aromatic rings. The number of carbonyl (C=O) groups excluding carboxylic acids is 1. The van der Waals surface area contributed by atoms with Crippen LogP contribution in [0.25, 0.3) is 0 Å². The first-order valence-electron chi connectivity index (χ1n) is 9.09. The van der Waals surface area contributed by atoms with Gasteiger partial charge in [0.25, 0.3) is 5.91 Å². The maximum absolute atomic E-state index is 13.6. The molecule has 1 fully saturated rings. The lowest BCUT2D eigenvalue weighted by Gasteiger charge is -2.33. The highest BCUT2D eigenvalue weighted by atomic mass is 19.4. The Kier molecular flexibility index (Phi) is 6.18. The van der Waals surface area contributed by atoms with E-state index in [0.29, 0.717) is 37.4 Å². The highest BCUT2D eigenvalue weighted by Gasteiger charge is 2.31. The van der Waals surface area contributed by atoms with E-state index in [-0.39, 0.29) is 24.8 Å². The quantitative estimate of drug-likeness (QED) is 0.758. The summed E-state index contributed by atoms with van der Waals surface area (Å²) >= 11 is 0. The second-order valence-electron chi connectivity index (χ2n) is 6.83. The average Bonchev–Trinajstić information content (AvgIpc) is 2.67. The Hall–Kier alpha value is -2.61. The maximum Gasteiger partial charge on any atom is 0.416 e. The number of quaternary nitrogens is 1. The van der Waals surface area contributed by atoms with Gasteiger partial charge in [-0.05, 0) is 24.3 Å². The molecule has 3 rings (SSSR count). The zero-order valence-corrected chi connectivity index (χ0v) is 15.2. The number of alkyl halides is 3. The number of benzene rings is 2. The number of piperazine rings is 1. The van der Waals surface area contributed by atoms with E-state index in [1.54, 1.807) is 24.3 Å². The number of nitrogens with one attached hydrogen (secondary N) is 2. The van der Waals surface area contributed by atoms with Crippen LogP contribution in [0.2, 0.25) is 0 Å². The van der Waals surface area contributed by atoms with Gasteiger partial charge in [0.2, 0.25) is 0 Å². The number of nitrogens with zero attached hydrogens (tertiary/aromatic N) is 1. The van der Waals surface area contributed by atoms with Crippen molar-refractivity contribution >= 4 is 11.6 Å². The first-order chi connectivity index (χ1) is 13.3. The van der Waals surface area contributed by atoms with Gasteiger partial charge in [0.1, 0.15) is 5.82 Å². The Morgan fingerprint density at radius 1 is 1.07 bits per heavy atom. The van der Waals surface area contributed by atoms with Crippen LogP contribution in [-0.2, 0) is 17.5 Å². The normalized spacial score (nSPS) is 15.5. The van der Waals surface area contributed by atoms with E-state index in [4.69, 9.17) is 0 Å². The molecule has 0 spiro atoms. The van der Waals surface area contributed by atoms with Crippen LogP contribution in [0.4, 0.5) is 23.2 Å². The lowest BCUT2D eigenvalue weighted by molar-refractivity contribution is -0.892. The molecule has 1 aliphatic heterocycles. The molecule has 1 saturated heterocycles. The molecular weight excluding hydrogens is 374 g/mol. The highest BCUT2D eigenvalue weighted by Crippen LogP contribution is 2.31. The van der Waals surface area contributed by atoms with E-state index < -0.39 is 11.7 Å². The van der Waals surface area contributed by atoms with Gasteiger partial charge in [0, 0.05) is 17.8 Å². The summed E-state index contributed by atoms with van der Waals surface area (Å²) in [5.41, 5.74) is 0.311. The standard InChI is InChI=1S/C20H21F4N3O/c21-18-7-2-1-4-15(18)13-25-19(28)14-26-8-10-27(11-9-26)17-6-3-5-16(12-17)20(22,23)24/h1-7,12H,8-11,13-14H2,(H,25,28)/p+1. The number of halogens is 4. The lowest BCUT2D eigenvalue weighted by atomic mass is 10.1. The minimum absolute atomic E-state index is 0.134. The largest absolute Gasteiger partial charge is 0.416 e. The molecule has 8 heteroatoms. The van der Waals surface area contributed by atoms with Gasteiger partial charge < -0.3 is 15.1 Å². The van der Waals surface area contributed by atoms with Crippen molar-refractivity contribution in [3.05, 3.63) is 65.5 Å². The van der Waals surface area contributed by atoms with Crippen LogP contribution in [0.15, 0.2) is 48.5 Å². The number of hydrogen-bond acceptors (Lipinski definition) is 2. The Morgan fingerprint density at radius 3 is 2.46 bits per heavy atom. The topological polar surface area (TPSA) is 36.8 Å². The molecule has 0 bridgehead atoms. The Balaban J connectivity index is 1.48. The van der Waals surface area contributed by atoms with Gasteiger partial charge >= 0.3 is 6.18 Å². The molecule has 1 aliphatic rings. The lowest BCUT2D eigenvalue weighted by Crippen LogP contribution is -3.15. The highest BCUT2D eigenvalue weighted by molar-refractivity contribution is 5.76. The van der Waals surface area contributed by atoms with Crippen LogP contribution in [0.5, 0.6) is 0 Å². The van der Waals surface area contributed by atoms with Crippen LogP contribution in [0.3, 0.4) is 0 Å². The average molecular weight is 396 g/mol. The zero-order valence-electron chi connectivity index (χ0n) is 15.2. The molecule has 1 heterocycles. The molecule has 0 radical (unpaired) electrons. The summed E-state index contributed by atoms with van der Waals surface area (Å²) in [7, 11) is 0. The van der Waals surface area contributed by atoms with Gasteiger partial charge in [0.15, 0.2) is 6.54 Å². The SMILES string of the molecule is O=C(C[NH+]1CCN(c2cccc(C(F)(F)F)c2)CC1)NCc1ccccc1F. The summed E-state index contributed by atoms with van der Waals surface area (Å²) in [6.07, 6.45) is -4.36. The van der Waals surface area contributed by atoms with Crippen LogP contribution in [0.1, 0.15) is 11.1 Å². The van der Waals surface area contributed by atoms with Gasteiger partial charge in [-0.25, -0.2) is 4.39 Å². The Bertz CT molecular complexity index is 817. The predicted octanol–water partition coefficient (Wildman–Crippen LogP) is 1.87. The van der Waals surface area contributed by atoms with Crippen molar-refractivity contribution in [1.82, 2.24) is 5.32 Å². The smallest absolute Gasteiger partial charge is 0.360 e. The molecule has 0 atom stereocenters. The van der Waals surface area contributed by atoms with Crippen molar-refractivity contribution < 1.29 is 27.3 Å². The number of rotatable bonds is 5. The van der Waals surface area contributed by atoms with E-state index in [2.05, 4.69) is 5.32 Å². The van der Waals surface area contributed by atoms with E-state index in [1.165, 1.54) is 12.1 Å². The monoisotopic (exact) mass is 396 g/mol. The van der Waals surface area contributed by atoms with Crippen molar-refractivity contribution in [2.24, 2.45) is 0 Å². The van der Waals surface area contributed by atoms with Gasteiger partial charge in [-0.15, -0.1) is 0 Å². The van der Waals surface area contributed by atoms with Crippen molar-refractivity contribution in [1.29, 1.82) is 0 Å². The third-order valence-corrected chi connectivity index (χ3v) is 4.85. The third kappa shape index (κ3) is 5.22. The molecule has 4 nitrogen and oxygen atoms in total. The fourth-order valence-corrected chi connectivity index (χ4v) is 3.26. The fraction of sp³-hybridized carbons (Fsp3) is 0.350. The molecule has 150 valence electrons. The molecule has 2 N–H and O–H groups in total. The van der Waals surface area contributed by atoms with Crippen molar-refractivity contribution in [3.8, 4) is 0 Å². The number of hydrogen-bond donors (Lipinski definition) is 2. The minimum atomic E-state index is -4.36. The first kappa shape index (κ1) is 20.1. The first-order valence-corrected chi connectivity index (χ1v) is 9.09. The fourth-order valence-electron chi connectivity index (χ4n) is 3.26. The number of anilines is 1. The number of amides is 1. The molecule has 0 aromatic heterocycles. The molecule has 0 saturated carbocycles. The second-order valence-corrected chi connectivity index (χ2v) is 6.83. The third-order valence-electron chi connectivity index (χ3n) is 4.85. The van der Waals surface area contributed by atoms with E-state index >= 15 is 0 Å². The summed E-state index contributed by atoms with van der Waals surface area (Å²) in [6.45, 7) is 2.81. The number of carbonyl (C=O) groups is 1. The van der Waals surface area contributed by atoms with E-state index in [1.807, 2.05) is 4.90 Å². The van der Waals surface area contributed by atoms with Crippen LogP contribution >= 0.6 is 0 Å². The summed E-state index contributed by atoms with van der Waals surface area (Å²) in [6, 6.07) is 11.6. The summed E-state index contributed by atoms with van der Waals surface area (Å²) in [4.78, 5) is 15.1. The van der Waals surface area contributed by atoms with Gasteiger partial charge in [-0.1, -0.05) is 24.3 Å². The maximum atomic E-state index is 13.6. The minimum Gasteiger partial charge on any atom is -0.360 e. The van der Waals surface area contributed by atoms with Crippen molar-refractivity contribution in [2.45, 2.75) is 12.7 Å². The Labute approximate surface area is 160 Å². The Morgan fingerprint density at radius 2 is 1.79 bits per heavy atom. The van der Waals surface area contributed by atoms with E-state index in [0.717, 1.165) is 17.0 Å². The predicted molar refractivity (Wildman–Crippen MR) is 97.5 cm³/mol. The van der Waals surface area contributed by atoms with Crippen LogP contribution in [-0.4, -0.2) is 38.6 Å². The summed E-state index contributed by atoms with van der Waals surface area (Å²) in [5.74, 6) is -0.532. The molecule has 28 heavy (non-hydrogen) atoms. The van der Waals surface area contributed by atoms with E-state index in [9.17, 15) is 22.4 Å². The molecule has 0 aliphatic carbocycles. The molecular formula is C20H22F4N3O+. The van der Waals surface area contributed by atoms with Crippen LogP contribution in [0, 0.1) is 5.82 Å². The van der Waals surface area contributed by atoms with Crippen molar-refractivity contribution in [3.63, 3.8) is 0 Å². The molecule has 1 amide bonds. The zero-order chi connectivity index (χ0) is 20.1. The van der Waals surface area contributed by atoms with Crippen molar-refractivity contribution in [2.75, 3.05) is 37.6 Å². The van der Waals surface area contributed by atoms with Crippen LogP contribution < -0.4 is 15.1 Å². The van der Waals surface area contributed by atoms with Gasteiger partial charge in [-0.3, -0.25) is 4.79 Å².